The summed E-state index contributed by atoms with van der Waals surface area (Å²) in [4.78, 5) is 0. The molecule has 0 aliphatic heterocycles. The summed E-state index contributed by atoms with van der Waals surface area (Å²) in [5.74, 6) is 0.663. The van der Waals surface area contributed by atoms with Crippen molar-refractivity contribution in [1.82, 2.24) is 10.3 Å². The van der Waals surface area contributed by atoms with E-state index in [1.54, 1.807) is 37.4 Å². The average molecular weight is 291 g/mol. The summed E-state index contributed by atoms with van der Waals surface area (Å²) in [6, 6.07) is 8.81. The Bertz CT molecular complexity index is 772. The number of methoxy groups -OCH3 is 1. The second kappa shape index (κ2) is 4.90. The van der Waals surface area contributed by atoms with E-state index in [2.05, 4.69) is 15.6 Å². The quantitative estimate of drug-likeness (QED) is 0.720. The number of nitrogens with zero attached hydrogens (tertiary/aromatic N) is 2. The zero-order chi connectivity index (χ0) is 14.1. The summed E-state index contributed by atoms with van der Waals surface area (Å²) >= 11 is 6.00. The van der Waals surface area contributed by atoms with E-state index in [-0.39, 0.29) is 0 Å². The van der Waals surface area contributed by atoms with Crippen molar-refractivity contribution in [2.75, 3.05) is 18.2 Å². The van der Waals surface area contributed by atoms with Crippen LogP contribution in [0.5, 0.6) is 5.75 Å². The number of halogens is 1. The molecule has 3 aromatic rings. The Morgan fingerprint density at radius 2 is 1.95 bits per heavy atom. The molecule has 0 saturated heterocycles. The Hall–Kier alpha value is -2.47. The van der Waals surface area contributed by atoms with E-state index in [9.17, 15) is 0 Å². The largest absolute Gasteiger partial charge is 0.495 e. The molecule has 0 spiro atoms. The Morgan fingerprint density at radius 3 is 2.75 bits per heavy atom. The van der Waals surface area contributed by atoms with Crippen LogP contribution in [0.15, 0.2) is 35.0 Å². The maximum Gasteiger partial charge on any atom is 0.160 e. The van der Waals surface area contributed by atoms with Crippen LogP contribution in [0.4, 0.5) is 17.1 Å². The van der Waals surface area contributed by atoms with Crippen molar-refractivity contribution in [2.45, 2.75) is 0 Å². The molecule has 0 bridgehead atoms. The van der Waals surface area contributed by atoms with Gasteiger partial charge in [-0.1, -0.05) is 11.6 Å². The van der Waals surface area contributed by atoms with Crippen LogP contribution < -0.4 is 15.8 Å². The molecule has 3 N–H and O–H groups in total. The van der Waals surface area contributed by atoms with Crippen molar-refractivity contribution < 1.29 is 9.37 Å². The van der Waals surface area contributed by atoms with E-state index in [1.807, 2.05) is 0 Å². The van der Waals surface area contributed by atoms with Gasteiger partial charge < -0.3 is 15.8 Å². The van der Waals surface area contributed by atoms with E-state index in [4.69, 9.17) is 26.7 Å². The lowest BCUT2D eigenvalue weighted by atomic mass is 10.2. The molecule has 0 aliphatic carbocycles. The normalized spacial score (nSPS) is 10.7. The Kier molecular flexibility index (Phi) is 3.08. The minimum atomic E-state index is 0.504. The highest BCUT2D eigenvalue weighted by atomic mass is 35.5. The topological polar surface area (TPSA) is 86.2 Å². The number of hydrogen-bond donors (Lipinski definition) is 2. The molecule has 1 aromatic heterocycles. The molecule has 20 heavy (non-hydrogen) atoms. The fourth-order valence-electron chi connectivity index (χ4n) is 1.91. The Morgan fingerprint density at radius 1 is 1.15 bits per heavy atom. The van der Waals surface area contributed by atoms with Crippen LogP contribution in [0.1, 0.15) is 0 Å². The van der Waals surface area contributed by atoms with Crippen LogP contribution in [-0.2, 0) is 0 Å². The van der Waals surface area contributed by atoms with Gasteiger partial charge in [-0.25, -0.2) is 4.63 Å². The minimum Gasteiger partial charge on any atom is -0.495 e. The molecule has 0 aliphatic rings. The van der Waals surface area contributed by atoms with E-state index < -0.39 is 0 Å². The van der Waals surface area contributed by atoms with Gasteiger partial charge in [0.25, 0.3) is 0 Å². The standard InChI is InChI=1S/C13H11ClN4O2/c1-19-11-5-2-7(14)6-10(11)16-9-4-3-8(15)12-13(9)18-20-17-12/h2-6,16H,15H2,1H3. The van der Waals surface area contributed by atoms with Gasteiger partial charge in [0, 0.05) is 5.02 Å². The number of rotatable bonds is 3. The molecular weight excluding hydrogens is 280 g/mol. The van der Waals surface area contributed by atoms with Gasteiger partial charge in [0.05, 0.1) is 24.2 Å². The molecule has 7 heteroatoms. The highest BCUT2D eigenvalue weighted by Gasteiger charge is 2.12. The summed E-state index contributed by atoms with van der Waals surface area (Å²) in [7, 11) is 1.59. The number of hydrogen-bond acceptors (Lipinski definition) is 6. The lowest BCUT2D eigenvalue weighted by Gasteiger charge is -2.11. The first kappa shape index (κ1) is 12.6. The van der Waals surface area contributed by atoms with Crippen LogP contribution in [0.25, 0.3) is 11.0 Å². The van der Waals surface area contributed by atoms with E-state index in [1.165, 1.54) is 0 Å². The Labute approximate surface area is 119 Å². The number of nitrogen functional groups attached to an aromatic ring is 1. The fraction of sp³-hybridized carbons (Fsp3) is 0.0769. The smallest absolute Gasteiger partial charge is 0.160 e. The molecule has 0 saturated carbocycles. The average Bonchev–Trinajstić information content (AvgIpc) is 2.93. The molecule has 0 amide bonds. The van der Waals surface area contributed by atoms with Crippen molar-refractivity contribution in [3.8, 4) is 5.75 Å². The van der Waals surface area contributed by atoms with Crippen LogP contribution in [0.2, 0.25) is 5.02 Å². The first-order valence-corrected chi connectivity index (χ1v) is 6.18. The van der Waals surface area contributed by atoms with Crippen LogP contribution in [0.3, 0.4) is 0 Å². The lowest BCUT2D eigenvalue weighted by Crippen LogP contribution is -1.96. The van der Waals surface area contributed by atoms with Gasteiger partial charge >= 0.3 is 0 Å². The Balaban J connectivity index is 2.08. The van der Waals surface area contributed by atoms with Gasteiger partial charge in [0.2, 0.25) is 0 Å². The third kappa shape index (κ3) is 2.10. The number of nitrogens with two attached hydrogens (primary N) is 1. The van der Waals surface area contributed by atoms with Crippen molar-refractivity contribution >= 4 is 39.7 Å². The predicted octanol–water partition coefficient (Wildman–Crippen LogP) is 3.21. The summed E-state index contributed by atoms with van der Waals surface area (Å²) in [6.07, 6.45) is 0. The highest BCUT2D eigenvalue weighted by Crippen LogP contribution is 2.33. The molecule has 3 rings (SSSR count). The van der Waals surface area contributed by atoms with Crippen LogP contribution in [0, 0.1) is 0 Å². The molecule has 0 atom stereocenters. The third-order valence-electron chi connectivity index (χ3n) is 2.88. The molecule has 0 unspecified atom stereocenters. The van der Waals surface area contributed by atoms with E-state index in [0.717, 1.165) is 0 Å². The number of ether oxygens (including phenoxy) is 1. The van der Waals surface area contributed by atoms with Crippen molar-refractivity contribution in [3.05, 3.63) is 35.4 Å². The summed E-state index contributed by atoms with van der Waals surface area (Å²) in [6.45, 7) is 0. The first-order chi connectivity index (χ1) is 9.69. The lowest BCUT2D eigenvalue weighted by molar-refractivity contribution is 0.316. The number of nitrogens with one attached hydrogen (secondary N) is 1. The maximum atomic E-state index is 6.00. The first-order valence-electron chi connectivity index (χ1n) is 5.80. The van der Waals surface area contributed by atoms with Gasteiger partial charge in [-0.05, 0) is 40.6 Å². The van der Waals surface area contributed by atoms with Gasteiger partial charge in [-0.3, -0.25) is 0 Å². The fourth-order valence-corrected chi connectivity index (χ4v) is 2.08. The summed E-state index contributed by atoms with van der Waals surface area (Å²) < 4.78 is 10.0. The molecular formula is C13H11ClN4O2. The maximum absolute atomic E-state index is 6.00. The van der Waals surface area contributed by atoms with Crippen molar-refractivity contribution in [2.24, 2.45) is 0 Å². The molecule has 2 aromatic carbocycles. The third-order valence-corrected chi connectivity index (χ3v) is 3.11. The van der Waals surface area contributed by atoms with Crippen molar-refractivity contribution in [1.29, 1.82) is 0 Å². The zero-order valence-corrected chi connectivity index (χ0v) is 11.3. The van der Waals surface area contributed by atoms with Gasteiger partial charge in [0.1, 0.15) is 5.75 Å². The molecule has 1 heterocycles. The number of anilines is 3. The van der Waals surface area contributed by atoms with Gasteiger partial charge in [0.15, 0.2) is 11.0 Å². The predicted molar refractivity (Wildman–Crippen MR) is 77.5 cm³/mol. The zero-order valence-electron chi connectivity index (χ0n) is 10.6. The van der Waals surface area contributed by atoms with Crippen LogP contribution >= 0.6 is 11.6 Å². The monoisotopic (exact) mass is 290 g/mol. The van der Waals surface area contributed by atoms with Gasteiger partial charge in [-0.15, -0.1) is 0 Å². The molecule has 0 fully saturated rings. The molecule has 0 radical (unpaired) electrons. The number of benzene rings is 2. The summed E-state index contributed by atoms with van der Waals surface area (Å²) in [5, 5.41) is 11.4. The minimum absolute atomic E-state index is 0.504. The summed E-state index contributed by atoms with van der Waals surface area (Å²) in [5.41, 5.74) is 8.79. The highest BCUT2D eigenvalue weighted by molar-refractivity contribution is 6.31. The van der Waals surface area contributed by atoms with Gasteiger partial charge in [-0.2, -0.15) is 0 Å². The molecule has 102 valence electrons. The van der Waals surface area contributed by atoms with E-state index >= 15 is 0 Å². The van der Waals surface area contributed by atoms with Crippen molar-refractivity contribution in [3.63, 3.8) is 0 Å². The second-order valence-electron chi connectivity index (χ2n) is 4.13. The van der Waals surface area contributed by atoms with Crippen LogP contribution in [-0.4, -0.2) is 17.4 Å². The molecule has 6 nitrogen and oxygen atoms in total. The number of aromatic nitrogens is 2. The number of fused-ring (bicyclic) bond motifs is 1. The van der Waals surface area contributed by atoms with E-state index in [0.29, 0.717) is 38.9 Å². The SMILES string of the molecule is COc1ccc(Cl)cc1Nc1ccc(N)c2nonc12. The second-order valence-corrected chi connectivity index (χ2v) is 4.57.